The molecular weight excluding hydrogens is 366 g/mol. The molecule has 1 aromatic heterocycles. The summed E-state index contributed by atoms with van der Waals surface area (Å²) >= 11 is 12.0. The molecule has 1 heterocycles. The number of urea groups is 1. The molecule has 0 aliphatic heterocycles. The highest BCUT2D eigenvalue weighted by atomic mass is 35.5. The van der Waals surface area contributed by atoms with Gasteiger partial charge in [0.2, 0.25) is 0 Å². The Morgan fingerprint density at radius 3 is 2.60 bits per heavy atom. The zero-order valence-electron chi connectivity index (χ0n) is 12.8. The average Bonchev–Trinajstić information content (AvgIpc) is 2.89. The fourth-order valence-electron chi connectivity index (χ4n) is 2.18. The fraction of sp³-hybridized carbons (Fsp3) is 0.0588. The topological polar surface area (TPSA) is 59.0 Å². The van der Waals surface area contributed by atoms with Crippen LogP contribution in [0.5, 0.6) is 0 Å². The highest BCUT2D eigenvalue weighted by Crippen LogP contribution is 2.21. The SMILES string of the molecule is O=C(Nc1cccc(Cl)c1)Nc1nn(Cc2ccc(F)cc2)cc1Cl. The van der Waals surface area contributed by atoms with E-state index in [9.17, 15) is 9.18 Å². The van der Waals surface area contributed by atoms with Crippen molar-refractivity contribution >= 4 is 40.7 Å². The minimum atomic E-state index is -0.490. The van der Waals surface area contributed by atoms with Crippen molar-refractivity contribution < 1.29 is 9.18 Å². The zero-order chi connectivity index (χ0) is 17.8. The van der Waals surface area contributed by atoms with E-state index >= 15 is 0 Å². The van der Waals surface area contributed by atoms with Crippen LogP contribution in [-0.4, -0.2) is 15.8 Å². The van der Waals surface area contributed by atoms with Gasteiger partial charge in [0, 0.05) is 16.9 Å². The number of nitrogens with zero attached hydrogens (tertiary/aromatic N) is 2. The van der Waals surface area contributed by atoms with E-state index in [4.69, 9.17) is 23.2 Å². The van der Waals surface area contributed by atoms with Crippen LogP contribution in [0.2, 0.25) is 10.0 Å². The van der Waals surface area contributed by atoms with Crippen molar-refractivity contribution in [3.63, 3.8) is 0 Å². The van der Waals surface area contributed by atoms with Crippen LogP contribution < -0.4 is 10.6 Å². The monoisotopic (exact) mass is 378 g/mol. The van der Waals surface area contributed by atoms with Gasteiger partial charge in [-0.1, -0.05) is 41.4 Å². The third kappa shape index (κ3) is 4.71. The van der Waals surface area contributed by atoms with Gasteiger partial charge in [0.1, 0.15) is 10.8 Å². The normalized spacial score (nSPS) is 10.5. The lowest BCUT2D eigenvalue weighted by Crippen LogP contribution is -2.20. The number of nitrogens with one attached hydrogen (secondary N) is 2. The van der Waals surface area contributed by atoms with Crippen molar-refractivity contribution in [3.8, 4) is 0 Å². The quantitative estimate of drug-likeness (QED) is 0.669. The Morgan fingerprint density at radius 2 is 1.88 bits per heavy atom. The maximum absolute atomic E-state index is 12.9. The summed E-state index contributed by atoms with van der Waals surface area (Å²) in [6, 6.07) is 12.3. The minimum absolute atomic E-state index is 0.225. The fourth-order valence-corrected chi connectivity index (χ4v) is 2.56. The summed E-state index contributed by atoms with van der Waals surface area (Å²) in [5.74, 6) is -0.0782. The molecule has 0 unspecified atom stereocenters. The number of anilines is 2. The van der Waals surface area contributed by atoms with Gasteiger partial charge >= 0.3 is 6.03 Å². The molecule has 3 aromatic rings. The van der Waals surface area contributed by atoms with E-state index in [-0.39, 0.29) is 11.6 Å². The predicted octanol–water partition coefficient (Wildman–Crippen LogP) is 5.02. The molecule has 2 N–H and O–H groups in total. The lowest BCUT2D eigenvalue weighted by Gasteiger charge is -2.06. The molecule has 0 fully saturated rings. The standard InChI is InChI=1S/C17H13Cl2FN4O/c18-12-2-1-3-14(8-12)21-17(25)22-16-15(19)10-24(23-16)9-11-4-6-13(20)7-5-11/h1-8,10H,9H2,(H2,21,22,23,25). The van der Waals surface area contributed by atoms with Crippen LogP contribution in [0, 0.1) is 5.82 Å². The molecule has 2 aromatic carbocycles. The van der Waals surface area contributed by atoms with Crippen molar-refractivity contribution in [2.75, 3.05) is 10.6 Å². The number of rotatable bonds is 4. The molecule has 0 saturated carbocycles. The lowest BCUT2D eigenvalue weighted by atomic mass is 10.2. The number of hydrogen-bond donors (Lipinski definition) is 2. The average molecular weight is 379 g/mol. The van der Waals surface area contributed by atoms with Crippen LogP contribution in [0.3, 0.4) is 0 Å². The van der Waals surface area contributed by atoms with Crippen LogP contribution in [0.4, 0.5) is 20.7 Å². The van der Waals surface area contributed by atoms with E-state index in [1.54, 1.807) is 47.3 Å². The summed E-state index contributed by atoms with van der Waals surface area (Å²) in [5, 5.41) is 10.2. The van der Waals surface area contributed by atoms with Crippen LogP contribution in [-0.2, 0) is 6.54 Å². The summed E-state index contributed by atoms with van der Waals surface area (Å²) in [6.07, 6.45) is 1.58. The van der Waals surface area contributed by atoms with E-state index in [1.807, 2.05) is 0 Å². The van der Waals surface area contributed by atoms with Gasteiger partial charge in [-0.2, -0.15) is 5.10 Å². The Balaban J connectivity index is 1.65. The molecule has 3 rings (SSSR count). The number of carbonyl (C=O) groups excluding carboxylic acids is 1. The van der Waals surface area contributed by atoms with Gasteiger partial charge in [-0.25, -0.2) is 9.18 Å². The van der Waals surface area contributed by atoms with Gasteiger partial charge in [-0.05, 0) is 35.9 Å². The van der Waals surface area contributed by atoms with Gasteiger partial charge in [0.25, 0.3) is 0 Å². The first-order valence-electron chi connectivity index (χ1n) is 7.30. The molecule has 0 bridgehead atoms. The lowest BCUT2D eigenvalue weighted by molar-refractivity contribution is 0.262. The van der Waals surface area contributed by atoms with Crippen LogP contribution in [0.1, 0.15) is 5.56 Å². The second-order valence-electron chi connectivity index (χ2n) is 5.24. The Morgan fingerprint density at radius 1 is 1.12 bits per heavy atom. The smallest absolute Gasteiger partial charge is 0.308 e. The van der Waals surface area contributed by atoms with Crippen molar-refractivity contribution in [2.45, 2.75) is 6.54 Å². The summed E-state index contributed by atoms with van der Waals surface area (Å²) in [4.78, 5) is 12.0. The first-order chi connectivity index (χ1) is 12.0. The molecule has 25 heavy (non-hydrogen) atoms. The summed E-state index contributed by atoms with van der Waals surface area (Å²) < 4.78 is 14.5. The van der Waals surface area contributed by atoms with Gasteiger partial charge in [-0.3, -0.25) is 10.00 Å². The van der Waals surface area contributed by atoms with E-state index in [2.05, 4.69) is 15.7 Å². The Labute approximate surface area is 153 Å². The molecule has 128 valence electrons. The third-order valence-corrected chi connectivity index (χ3v) is 3.80. The Hall–Kier alpha value is -2.57. The zero-order valence-corrected chi connectivity index (χ0v) is 14.4. The number of halogens is 3. The van der Waals surface area contributed by atoms with Crippen molar-refractivity contribution in [2.24, 2.45) is 0 Å². The van der Waals surface area contributed by atoms with Gasteiger partial charge in [0.05, 0.1) is 6.54 Å². The molecule has 0 atom stereocenters. The maximum atomic E-state index is 12.9. The molecule has 5 nitrogen and oxygen atoms in total. The highest BCUT2D eigenvalue weighted by molar-refractivity contribution is 6.33. The van der Waals surface area contributed by atoms with Crippen LogP contribution in [0.15, 0.2) is 54.7 Å². The first kappa shape index (κ1) is 17.3. The van der Waals surface area contributed by atoms with Crippen molar-refractivity contribution in [3.05, 3.63) is 76.2 Å². The van der Waals surface area contributed by atoms with E-state index < -0.39 is 6.03 Å². The largest absolute Gasteiger partial charge is 0.324 e. The third-order valence-electron chi connectivity index (χ3n) is 3.29. The maximum Gasteiger partial charge on any atom is 0.324 e. The first-order valence-corrected chi connectivity index (χ1v) is 8.06. The van der Waals surface area contributed by atoms with Gasteiger partial charge < -0.3 is 5.32 Å². The van der Waals surface area contributed by atoms with Crippen molar-refractivity contribution in [1.29, 1.82) is 0 Å². The van der Waals surface area contributed by atoms with Crippen LogP contribution in [0.25, 0.3) is 0 Å². The summed E-state index contributed by atoms with van der Waals surface area (Å²) in [7, 11) is 0. The molecule has 0 aliphatic carbocycles. The Bertz CT molecular complexity index is 896. The number of hydrogen-bond acceptors (Lipinski definition) is 2. The molecule has 0 saturated heterocycles. The molecule has 0 aliphatic rings. The summed E-state index contributed by atoms with van der Waals surface area (Å²) in [5.41, 5.74) is 1.40. The molecule has 2 amide bonds. The van der Waals surface area contributed by atoms with E-state index in [0.29, 0.717) is 22.3 Å². The van der Waals surface area contributed by atoms with Crippen LogP contribution >= 0.6 is 23.2 Å². The number of amides is 2. The second kappa shape index (κ2) is 7.55. The van der Waals surface area contributed by atoms with E-state index in [1.165, 1.54) is 12.1 Å². The molecule has 8 heteroatoms. The molecule has 0 radical (unpaired) electrons. The van der Waals surface area contributed by atoms with E-state index in [0.717, 1.165) is 5.56 Å². The van der Waals surface area contributed by atoms with Gasteiger partial charge in [-0.15, -0.1) is 0 Å². The predicted molar refractivity (Wildman–Crippen MR) is 96.8 cm³/mol. The summed E-state index contributed by atoms with van der Waals surface area (Å²) in [6.45, 7) is 0.400. The number of aromatic nitrogens is 2. The molecule has 0 spiro atoms. The second-order valence-corrected chi connectivity index (χ2v) is 6.08. The minimum Gasteiger partial charge on any atom is -0.308 e. The molecular formula is C17H13Cl2FN4O. The number of benzene rings is 2. The Kier molecular flexibility index (Phi) is 5.21. The van der Waals surface area contributed by atoms with Crippen molar-refractivity contribution in [1.82, 2.24) is 9.78 Å². The highest BCUT2D eigenvalue weighted by Gasteiger charge is 2.11. The van der Waals surface area contributed by atoms with Gasteiger partial charge in [0.15, 0.2) is 5.82 Å². The number of carbonyl (C=O) groups is 1.